The number of benzene rings is 1. The maximum atomic E-state index is 12.2. The zero-order chi connectivity index (χ0) is 14.5. The van der Waals surface area contributed by atoms with Gasteiger partial charge in [-0.25, -0.2) is 0 Å². The maximum Gasteiger partial charge on any atom is 0.307 e. The summed E-state index contributed by atoms with van der Waals surface area (Å²) in [6.45, 7) is 3.37. The molecule has 20 heavy (non-hydrogen) atoms. The molecule has 0 bridgehead atoms. The Morgan fingerprint density at radius 2 is 1.90 bits per heavy atom. The van der Waals surface area contributed by atoms with Crippen LogP contribution in [0.1, 0.15) is 25.8 Å². The number of esters is 1. The van der Waals surface area contributed by atoms with E-state index in [0.717, 1.165) is 5.56 Å². The van der Waals surface area contributed by atoms with E-state index >= 15 is 0 Å². The lowest BCUT2D eigenvalue weighted by molar-refractivity contribution is -0.141. The van der Waals surface area contributed by atoms with Crippen LogP contribution in [-0.2, 0) is 19.9 Å². The molecule has 0 aliphatic rings. The molecule has 0 spiro atoms. The van der Waals surface area contributed by atoms with Crippen LogP contribution in [0, 0.1) is 0 Å². The van der Waals surface area contributed by atoms with Gasteiger partial charge in [0.2, 0.25) is 5.91 Å². The number of ether oxygens (including phenoxy) is 1. The first-order valence-electron chi connectivity index (χ1n) is 6.10. The Morgan fingerprint density at radius 3 is 2.40 bits per heavy atom. The Kier molecular flexibility index (Phi) is 7.24. The standard InChI is InChI=1S/C14H20N2O3.ClH/c1-10(9-12(17)19-3)16-13(18)14(2,15)11-7-5-4-6-8-11;/h4-8,10H,9,15H2,1-3H3,(H,16,18);1H. The molecule has 6 heteroatoms. The second-order valence-corrected chi connectivity index (χ2v) is 4.72. The van der Waals surface area contributed by atoms with E-state index in [1.54, 1.807) is 26.0 Å². The second-order valence-electron chi connectivity index (χ2n) is 4.72. The van der Waals surface area contributed by atoms with Crippen molar-refractivity contribution in [3.8, 4) is 0 Å². The lowest BCUT2D eigenvalue weighted by Crippen LogP contribution is -2.51. The molecule has 0 saturated carbocycles. The topological polar surface area (TPSA) is 81.4 Å². The summed E-state index contributed by atoms with van der Waals surface area (Å²) in [7, 11) is 1.31. The molecule has 0 radical (unpaired) electrons. The highest BCUT2D eigenvalue weighted by molar-refractivity contribution is 5.87. The number of carbonyl (C=O) groups is 2. The number of amides is 1. The van der Waals surface area contributed by atoms with Crippen molar-refractivity contribution in [3.05, 3.63) is 35.9 Å². The lowest BCUT2D eigenvalue weighted by Gasteiger charge is -2.26. The summed E-state index contributed by atoms with van der Waals surface area (Å²) in [5, 5.41) is 2.72. The fourth-order valence-electron chi connectivity index (χ4n) is 1.67. The van der Waals surface area contributed by atoms with E-state index in [0.29, 0.717) is 0 Å². The highest BCUT2D eigenvalue weighted by Gasteiger charge is 2.31. The van der Waals surface area contributed by atoms with Crippen LogP contribution in [0.5, 0.6) is 0 Å². The maximum absolute atomic E-state index is 12.2. The molecule has 0 aliphatic heterocycles. The molecule has 0 aliphatic carbocycles. The molecule has 1 aromatic carbocycles. The number of nitrogens with two attached hydrogens (primary N) is 1. The minimum Gasteiger partial charge on any atom is -0.469 e. The van der Waals surface area contributed by atoms with Gasteiger partial charge in [-0.3, -0.25) is 9.59 Å². The minimum absolute atomic E-state index is 0. The quantitative estimate of drug-likeness (QED) is 0.804. The predicted molar refractivity (Wildman–Crippen MR) is 79.5 cm³/mol. The third-order valence-electron chi connectivity index (χ3n) is 2.92. The molecule has 0 heterocycles. The van der Waals surface area contributed by atoms with Crippen LogP contribution in [0.15, 0.2) is 30.3 Å². The highest BCUT2D eigenvalue weighted by atomic mass is 35.5. The molecule has 2 unspecified atom stereocenters. The third kappa shape index (κ3) is 4.83. The molecule has 0 aromatic heterocycles. The van der Waals surface area contributed by atoms with Crippen LogP contribution in [0.3, 0.4) is 0 Å². The number of rotatable bonds is 5. The molecule has 0 fully saturated rings. The summed E-state index contributed by atoms with van der Waals surface area (Å²) in [4.78, 5) is 23.3. The van der Waals surface area contributed by atoms with Gasteiger partial charge < -0.3 is 15.8 Å². The summed E-state index contributed by atoms with van der Waals surface area (Å²) < 4.78 is 4.55. The van der Waals surface area contributed by atoms with E-state index in [4.69, 9.17) is 5.73 Å². The van der Waals surface area contributed by atoms with Crippen LogP contribution < -0.4 is 11.1 Å². The fraction of sp³-hybridized carbons (Fsp3) is 0.429. The van der Waals surface area contributed by atoms with Crippen LogP contribution in [-0.4, -0.2) is 25.0 Å². The van der Waals surface area contributed by atoms with E-state index in [1.165, 1.54) is 7.11 Å². The molecule has 5 nitrogen and oxygen atoms in total. The summed E-state index contributed by atoms with van der Waals surface area (Å²) >= 11 is 0. The molecule has 3 N–H and O–H groups in total. The molecule has 2 atom stereocenters. The number of hydrogen-bond acceptors (Lipinski definition) is 4. The Hall–Kier alpha value is -1.59. The van der Waals surface area contributed by atoms with Crippen LogP contribution in [0.4, 0.5) is 0 Å². The SMILES string of the molecule is COC(=O)CC(C)NC(=O)C(C)(N)c1ccccc1.Cl. The lowest BCUT2D eigenvalue weighted by atomic mass is 9.92. The number of carbonyl (C=O) groups excluding carboxylic acids is 2. The highest BCUT2D eigenvalue weighted by Crippen LogP contribution is 2.17. The molecule has 0 saturated heterocycles. The van der Waals surface area contributed by atoms with Crippen LogP contribution in [0.2, 0.25) is 0 Å². The Bertz CT molecular complexity index is 449. The van der Waals surface area contributed by atoms with Crippen molar-refractivity contribution >= 4 is 24.3 Å². The molecule has 1 aromatic rings. The molecule has 1 rings (SSSR count). The normalized spacial score (nSPS) is 14.4. The zero-order valence-corrected chi connectivity index (χ0v) is 12.7. The monoisotopic (exact) mass is 300 g/mol. The number of hydrogen-bond donors (Lipinski definition) is 2. The van der Waals surface area contributed by atoms with Gasteiger partial charge in [0.15, 0.2) is 0 Å². The first kappa shape index (κ1) is 18.4. The Morgan fingerprint density at radius 1 is 1.35 bits per heavy atom. The molecular formula is C14H21ClN2O3. The fourth-order valence-corrected chi connectivity index (χ4v) is 1.67. The van der Waals surface area contributed by atoms with E-state index in [1.807, 2.05) is 18.2 Å². The molecular weight excluding hydrogens is 280 g/mol. The van der Waals surface area contributed by atoms with Crippen molar-refractivity contribution in [1.29, 1.82) is 0 Å². The summed E-state index contributed by atoms with van der Waals surface area (Å²) in [6, 6.07) is 8.77. The minimum atomic E-state index is -1.13. The van der Waals surface area contributed by atoms with Gasteiger partial charge in [-0.1, -0.05) is 30.3 Å². The Labute approximate surface area is 125 Å². The summed E-state index contributed by atoms with van der Waals surface area (Å²) in [6.07, 6.45) is 0.118. The first-order valence-corrected chi connectivity index (χ1v) is 6.10. The summed E-state index contributed by atoms with van der Waals surface area (Å²) in [5.74, 6) is -0.693. The van der Waals surface area contributed by atoms with Gasteiger partial charge in [0.05, 0.1) is 13.5 Å². The van der Waals surface area contributed by atoms with Crippen molar-refractivity contribution in [2.75, 3.05) is 7.11 Å². The van der Waals surface area contributed by atoms with E-state index in [-0.39, 0.29) is 36.7 Å². The molecule has 112 valence electrons. The predicted octanol–water partition coefficient (Wildman–Crippen LogP) is 1.35. The van der Waals surface area contributed by atoms with E-state index in [2.05, 4.69) is 10.1 Å². The molecule has 1 amide bonds. The van der Waals surface area contributed by atoms with Gasteiger partial charge >= 0.3 is 5.97 Å². The van der Waals surface area contributed by atoms with Crippen molar-refractivity contribution in [2.45, 2.75) is 31.8 Å². The van der Waals surface area contributed by atoms with Crippen molar-refractivity contribution in [3.63, 3.8) is 0 Å². The van der Waals surface area contributed by atoms with Gasteiger partial charge in [0.25, 0.3) is 0 Å². The smallest absolute Gasteiger partial charge is 0.307 e. The first-order chi connectivity index (χ1) is 8.87. The van der Waals surface area contributed by atoms with Crippen molar-refractivity contribution < 1.29 is 14.3 Å². The number of nitrogens with one attached hydrogen (secondary N) is 1. The Balaban J connectivity index is 0.00000361. The van der Waals surface area contributed by atoms with Crippen LogP contribution >= 0.6 is 12.4 Å². The van der Waals surface area contributed by atoms with Gasteiger partial charge in [-0.05, 0) is 19.4 Å². The largest absolute Gasteiger partial charge is 0.469 e. The average Bonchev–Trinajstić information content (AvgIpc) is 2.39. The van der Waals surface area contributed by atoms with Crippen molar-refractivity contribution in [1.82, 2.24) is 5.32 Å². The van der Waals surface area contributed by atoms with Gasteiger partial charge in [-0.2, -0.15) is 0 Å². The number of methoxy groups -OCH3 is 1. The van der Waals surface area contributed by atoms with Gasteiger partial charge in [-0.15, -0.1) is 12.4 Å². The van der Waals surface area contributed by atoms with E-state index < -0.39 is 5.54 Å². The van der Waals surface area contributed by atoms with Crippen LogP contribution in [0.25, 0.3) is 0 Å². The second kappa shape index (κ2) is 7.87. The number of halogens is 1. The van der Waals surface area contributed by atoms with Crippen molar-refractivity contribution in [2.24, 2.45) is 5.73 Å². The zero-order valence-electron chi connectivity index (χ0n) is 11.9. The van der Waals surface area contributed by atoms with E-state index in [9.17, 15) is 9.59 Å². The van der Waals surface area contributed by atoms with Gasteiger partial charge in [0, 0.05) is 6.04 Å². The third-order valence-corrected chi connectivity index (χ3v) is 2.92. The average molecular weight is 301 g/mol. The summed E-state index contributed by atoms with van der Waals surface area (Å²) in [5.41, 5.74) is 5.65. The van der Waals surface area contributed by atoms with Gasteiger partial charge in [0.1, 0.15) is 5.54 Å².